The highest BCUT2D eigenvalue weighted by atomic mass is 16.3. The lowest BCUT2D eigenvalue weighted by molar-refractivity contribution is 0.122. The minimum absolute atomic E-state index is 0.143. The van der Waals surface area contributed by atoms with E-state index in [0.717, 1.165) is 24.5 Å². The second-order valence-corrected chi connectivity index (χ2v) is 6.29. The molecule has 0 aliphatic heterocycles. The van der Waals surface area contributed by atoms with Gasteiger partial charge < -0.3 is 10.2 Å². The van der Waals surface area contributed by atoms with Crippen molar-refractivity contribution in [3.8, 4) is 0 Å². The van der Waals surface area contributed by atoms with E-state index in [-0.39, 0.29) is 12.1 Å². The van der Waals surface area contributed by atoms with Crippen LogP contribution >= 0.6 is 0 Å². The molecule has 2 N–H and O–H groups in total. The van der Waals surface area contributed by atoms with Crippen molar-refractivity contribution < 1.29 is 4.42 Å². The van der Waals surface area contributed by atoms with Crippen molar-refractivity contribution in [2.75, 3.05) is 6.54 Å². The SMILES string of the molecule is CCC(N)C(c1ccc(C)o1)N(CC(C)C)C1CC1. The Hall–Kier alpha value is -0.800. The molecule has 0 aromatic carbocycles. The minimum Gasteiger partial charge on any atom is -0.465 e. The Balaban J connectivity index is 2.24. The van der Waals surface area contributed by atoms with Crippen molar-refractivity contribution in [2.24, 2.45) is 11.7 Å². The van der Waals surface area contributed by atoms with Crippen molar-refractivity contribution in [3.63, 3.8) is 0 Å². The first-order valence-electron chi connectivity index (χ1n) is 7.60. The summed E-state index contributed by atoms with van der Waals surface area (Å²) < 4.78 is 5.89. The molecule has 1 aliphatic rings. The molecule has 1 heterocycles. The Bertz CT molecular complexity index is 395. The third kappa shape index (κ3) is 3.61. The average Bonchev–Trinajstić information content (AvgIpc) is 3.11. The van der Waals surface area contributed by atoms with Crippen LogP contribution in [0, 0.1) is 12.8 Å². The molecule has 3 heteroatoms. The monoisotopic (exact) mass is 264 g/mol. The molecule has 0 amide bonds. The summed E-state index contributed by atoms with van der Waals surface area (Å²) in [6.07, 6.45) is 3.59. The van der Waals surface area contributed by atoms with Crippen molar-refractivity contribution in [1.82, 2.24) is 4.90 Å². The van der Waals surface area contributed by atoms with Gasteiger partial charge in [0.05, 0.1) is 6.04 Å². The van der Waals surface area contributed by atoms with Gasteiger partial charge in [-0.3, -0.25) is 4.90 Å². The molecule has 0 radical (unpaired) electrons. The number of hydrogen-bond donors (Lipinski definition) is 1. The fourth-order valence-corrected chi connectivity index (χ4v) is 2.77. The van der Waals surface area contributed by atoms with Crippen molar-refractivity contribution in [1.29, 1.82) is 0 Å². The third-order valence-electron chi connectivity index (χ3n) is 3.88. The molecule has 2 atom stereocenters. The number of hydrogen-bond acceptors (Lipinski definition) is 3. The quantitative estimate of drug-likeness (QED) is 0.819. The summed E-state index contributed by atoms with van der Waals surface area (Å²) in [6, 6.07) is 5.23. The molecule has 1 aliphatic carbocycles. The Morgan fingerprint density at radius 1 is 1.37 bits per heavy atom. The zero-order valence-electron chi connectivity index (χ0n) is 12.7. The summed E-state index contributed by atoms with van der Waals surface area (Å²) in [4.78, 5) is 2.58. The van der Waals surface area contributed by atoms with E-state index < -0.39 is 0 Å². The highest BCUT2D eigenvalue weighted by Crippen LogP contribution is 2.37. The van der Waals surface area contributed by atoms with Crippen molar-refractivity contribution >= 4 is 0 Å². The van der Waals surface area contributed by atoms with Crippen LogP contribution in [0.15, 0.2) is 16.5 Å². The second-order valence-electron chi connectivity index (χ2n) is 6.29. The molecule has 108 valence electrons. The van der Waals surface area contributed by atoms with Crippen LogP contribution in [0.4, 0.5) is 0 Å². The van der Waals surface area contributed by atoms with E-state index in [9.17, 15) is 0 Å². The average molecular weight is 264 g/mol. The molecule has 1 fully saturated rings. The van der Waals surface area contributed by atoms with Gasteiger partial charge in [0.25, 0.3) is 0 Å². The van der Waals surface area contributed by atoms with Gasteiger partial charge in [0, 0.05) is 18.6 Å². The topological polar surface area (TPSA) is 42.4 Å². The molecule has 0 saturated heterocycles. The molecule has 2 rings (SSSR count). The molecule has 1 aromatic rings. The van der Waals surface area contributed by atoms with Crippen LogP contribution in [0.3, 0.4) is 0 Å². The Morgan fingerprint density at radius 3 is 2.47 bits per heavy atom. The number of furan rings is 1. The summed E-state index contributed by atoms with van der Waals surface area (Å²) >= 11 is 0. The molecule has 1 aromatic heterocycles. The van der Waals surface area contributed by atoms with Gasteiger partial charge in [0.15, 0.2) is 0 Å². The van der Waals surface area contributed by atoms with E-state index in [2.05, 4.69) is 31.7 Å². The van der Waals surface area contributed by atoms with E-state index in [0.29, 0.717) is 12.0 Å². The van der Waals surface area contributed by atoms with E-state index in [4.69, 9.17) is 10.2 Å². The Labute approximate surface area is 117 Å². The normalized spacial score (nSPS) is 19.1. The number of aryl methyl sites for hydroxylation is 1. The predicted octanol–water partition coefficient (Wildman–Crippen LogP) is 3.49. The summed E-state index contributed by atoms with van der Waals surface area (Å²) in [7, 11) is 0. The number of nitrogens with two attached hydrogens (primary N) is 1. The smallest absolute Gasteiger partial charge is 0.122 e. The summed E-state index contributed by atoms with van der Waals surface area (Å²) in [5.74, 6) is 2.67. The fraction of sp³-hybridized carbons (Fsp3) is 0.750. The first-order valence-corrected chi connectivity index (χ1v) is 7.60. The lowest BCUT2D eigenvalue weighted by Gasteiger charge is -2.35. The van der Waals surface area contributed by atoms with Crippen LogP contribution in [0.2, 0.25) is 0 Å². The van der Waals surface area contributed by atoms with E-state index in [1.165, 1.54) is 12.8 Å². The molecular weight excluding hydrogens is 236 g/mol. The van der Waals surface area contributed by atoms with Crippen LogP contribution < -0.4 is 5.73 Å². The van der Waals surface area contributed by atoms with E-state index in [1.54, 1.807) is 0 Å². The molecule has 3 nitrogen and oxygen atoms in total. The second kappa shape index (κ2) is 6.10. The van der Waals surface area contributed by atoms with Gasteiger partial charge in [-0.1, -0.05) is 20.8 Å². The Morgan fingerprint density at radius 2 is 2.05 bits per heavy atom. The lowest BCUT2D eigenvalue weighted by Crippen LogP contribution is -2.43. The van der Waals surface area contributed by atoms with Crippen LogP contribution in [0.1, 0.15) is 57.6 Å². The number of nitrogens with zero attached hydrogens (tertiary/aromatic N) is 1. The highest BCUT2D eigenvalue weighted by molar-refractivity contribution is 5.13. The maximum Gasteiger partial charge on any atom is 0.122 e. The third-order valence-corrected chi connectivity index (χ3v) is 3.88. The summed E-state index contributed by atoms with van der Waals surface area (Å²) in [5, 5.41) is 0. The van der Waals surface area contributed by atoms with Crippen LogP contribution in [0.5, 0.6) is 0 Å². The standard InChI is InChI=1S/C16H28N2O/c1-5-14(17)16(15-9-6-12(4)19-15)18(10-11(2)3)13-7-8-13/h6,9,11,13-14,16H,5,7-8,10,17H2,1-4H3. The Kier molecular flexibility index (Phi) is 4.69. The van der Waals surface area contributed by atoms with Gasteiger partial charge >= 0.3 is 0 Å². The maximum atomic E-state index is 6.40. The van der Waals surface area contributed by atoms with Gasteiger partial charge in [0.2, 0.25) is 0 Å². The van der Waals surface area contributed by atoms with E-state index >= 15 is 0 Å². The molecule has 0 bridgehead atoms. The van der Waals surface area contributed by atoms with E-state index in [1.807, 2.05) is 13.0 Å². The van der Waals surface area contributed by atoms with Crippen molar-refractivity contribution in [2.45, 2.75) is 65.1 Å². The van der Waals surface area contributed by atoms with Gasteiger partial charge in [-0.15, -0.1) is 0 Å². The zero-order chi connectivity index (χ0) is 14.0. The number of rotatable bonds is 7. The lowest BCUT2D eigenvalue weighted by atomic mass is 10.0. The van der Waals surface area contributed by atoms with Gasteiger partial charge in [-0.05, 0) is 44.2 Å². The van der Waals surface area contributed by atoms with Crippen LogP contribution in [-0.4, -0.2) is 23.5 Å². The van der Waals surface area contributed by atoms with Crippen LogP contribution in [0.25, 0.3) is 0 Å². The summed E-state index contributed by atoms with van der Waals surface area (Å²) in [5.41, 5.74) is 6.40. The van der Waals surface area contributed by atoms with Gasteiger partial charge in [-0.25, -0.2) is 0 Å². The summed E-state index contributed by atoms with van der Waals surface area (Å²) in [6.45, 7) is 9.81. The zero-order valence-corrected chi connectivity index (χ0v) is 12.7. The fourth-order valence-electron chi connectivity index (χ4n) is 2.77. The van der Waals surface area contributed by atoms with Gasteiger partial charge in [-0.2, -0.15) is 0 Å². The maximum absolute atomic E-state index is 6.40. The molecular formula is C16H28N2O. The first-order chi connectivity index (χ1) is 9.02. The van der Waals surface area contributed by atoms with Crippen LogP contribution in [-0.2, 0) is 0 Å². The molecule has 2 unspecified atom stereocenters. The minimum atomic E-state index is 0.143. The van der Waals surface area contributed by atoms with Gasteiger partial charge in [0.1, 0.15) is 11.5 Å². The largest absolute Gasteiger partial charge is 0.465 e. The molecule has 0 spiro atoms. The predicted molar refractivity (Wildman–Crippen MR) is 79.0 cm³/mol. The first kappa shape index (κ1) is 14.6. The highest BCUT2D eigenvalue weighted by Gasteiger charge is 2.38. The molecule has 19 heavy (non-hydrogen) atoms. The van der Waals surface area contributed by atoms with Crippen molar-refractivity contribution in [3.05, 3.63) is 23.7 Å². The molecule has 1 saturated carbocycles.